The smallest absolute Gasteiger partial charge is 0 e. The number of carboxylic acid groups (broad SMARTS) is 2. The van der Waals surface area contributed by atoms with Gasteiger partial charge in [0.1, 0.15) is 0 Å². The Morgan fingerprint density at radius 1 is 1.29 bits per heavy atom. The average Bonchev–Trinajstić information content (AvgIpc) is 0.811. The molecule has 0 spiro atoms. The summed E-state index contributed by atoms with van der Waals surface area (Å²) < 4.78 is 0. The summed E-state index contributed by atoms with van der Waals surface area (Å²) in [4.78, 5) is 8.33. The van der Waals surface area contributed by atoms with Gasteiger partial charge in [-0.25, -0.2) is 0 Å². The maximum atomic E-state index is 8.33. The van der Waals surface area contributed by atoms with Crippen LogP contribution in [0, 0.1) is 0 Å². The van der Waals surface area contributed by atoms with Gasteiger partial charge in [0.2, 0.25) is 0 Å². The van der Waals surface area contributed by atoms with Crippen molar-refractivity contribution in [2.45, 2.75) is 0 Å². The summed E-state index contributed by atoms with van der Waals surface area (Å²) >= 11 is 0. The van der Waals surface area contributed by atoms with Crippen molar-refractivity contribution in [1.82, 2.24) is 0 Å². The average molecular weight is 154 g/mol. The summed E-state index contributed by atoms with van der Waals surface area (Å²) in [5.41, 5.74) is 0. The van der Waals surface area contributed by atoms with Crippen LogP contribution < -0.4 is 10.2 Å². The molecule has 0 bridgehead atoms. The fourth-order valence-electron chi connectivity index (χ4n) is 0. The van der Waals surface area contributed by atoms with Crippen LogP contribution in [0.15, 0.2) is 0 Å². The first-order chi connectivity index (χ1) is 1.73. The monoisotopic (exact) mass is 153 g/mol. The van der Waals surface area contributed by atoms with Gasteiger partial charge in [0.25, 0.3) is 0 Å². The van der Waals surface area contributed by atoms with Crippen LogP contribution >= 0.6 is 0 Å². The predicted molar refractivity (Wildman–Crippen MR) is 10.9 cm³/mol. The fourth-order valence-corrected chi connectivity index (χ4v) is 0. The zero-order valence-corrected chi connectivity index (χ0v) is 3.98. The van der Waals surface area contributed by atoms with E-state index >= 15 is 0 Å². The minimum absolute atomic E-state index is 0. The second-order valence-corrected chi connectivity index (χ2v) is 0.250. The van der Waals surface area contributed by atoms with Gasteiger partial charge in [0, 0.05) is 16.5 Å². The Kier molecular flexibility index (Phi) is 74.1. The van der Waals surface area contributed by atoms with E-state index in [1.54, 1.807) is 0 Å². The van der Waals surface area contributed by atoms with E-state index in [4.69, 9.17) is 15.0 Å². The Bertz CT molecular complexity index is 31.1. The second-order valence-electron chi connectivity index (χ2n) is 0.250. The molecule has 3 N–H and O–H groups in total. The minimum Gasteiger partial charge on any atom is -0.870 e. The van der Waals surface area contributed by atoms with Crippen LogP contribution in [0.25, 0.3) is 0 Å². The van der Waals surface area contributed by atoms with E-state index in [9.17, 15) is 0 Å². The molecule has 0 rings (SSSR count). The second kappa shape index (κ2) is 17.3. The Morgan fingerprint density at radius 2 is 1.29 bits per heavy atom. The molecule has 0 aromatic rings. The Balaban J connectivity index is -0.0000000150. The fraction of sp³-hybridized carbons (Fsp3) is 0. The number of hydrogen-bond acceptors (Lipinski definition) is 4. The van der Waals surface area contributed by atoms with Gasteiger partial charge in [-0.15, -0.1) is 0 Å². The quantitative estimate of drug-likeness (QED) is 0.336. The molecule has 50 valence electrons. The number of hydrogen-bond donors (Lipinski definition) is 0. The molecule has 0 aliphatic rings. The largest absolute Gasteiger partial charge is 0.870 e. The number of rotatable bonds is 0. The van der Waals surface area contributed by atoms with E-state index in [0.717, 1.165) is 0 Å². The third-order valence-corrected chi connectivity index (χ3v) is 0. The van der Waals surface area contributed by atoms with Gasteiger partial charge in [-0.1, -0.05) is 0 Å². The van der Waals surface area contributed by atoms with Crippen molar-refractivity contribution in [2.75, 3.05) is 0 Å². The van der Waals surface area contributed by atoms with Gasteiger partial charge in [-0.05, 0) is 6.16 Å². The van der Waals surface area contributed by atoms with Gasteiger partial charge in [0.15, 0.2) is 0 Å². The molecule has 0 amide bonds. The summed E-state index contributed by atoms with van der Waals surface area (Å²) in [5, 5.41) is 16.7. The molecule has 0 atom stereocenters. The third kappa shape index (κ3) is 770. The number of carbonyl (C=O) groups is 1. The summed E-state index contributed by atoms with van der Waals surface area (Å²) in [7, 11) is 0. The zero-order chi connectivity index (χ0) is 3.58. The SMILES string of the molecule is O.O=C([O-])[O-].[Ni].[OH-]. The number of carbonyl (C=O) groups excluding carboxylic acids is 1. The van der Waals surface area contributed by atoms with Crippen molar-refractivity contribution < 1.29 is 42.5 Å². The van der Waals surface area contributed by atoms with E-state index in [2.05, 4.69) is 0 Å². The molecule has 0 unspecified atom stereocenters. The van der Waals surface area contributed by atoms with Crippen LogP contribution in [0.3, 0.4) is 0 Å². The van der Waals surface area contributed by atoms with Crippen LogP contribution in [-0.2, 0) is 16.5 Å². The molecule has 0 aliphatic heterocycles. The molecule has 0 aliphatic carbocycles. The summed E-state index contributed by atoms with van der Waals surface area (Å²) in [6.07, 6.45) is -2.33. The molecule has 0 saturated carbocycles. The van der Waals surface area contributed by atoms with Crippen molar-refractivity contribution in [1.29, 1.82) is 0 Å². The van der Waals surface area contributed by atoms with Gasteiger partial charge in [0.05, 0.1) is 0 Å². The maximum Gasteiger partial charge on any atom is 0 e. The zero-order valence-electron chi connectivity index (χ0n) is 2.99. The van der Waals surface area contributed by atoms with Crippen molar-refractivity contribution >= 4 is 6.16 Å². The molecule has 5 nitrogen and oxygen atoms in total. The van der Waals surface area contributed by atoms with Crippen molar-refractivity contribution in [3.05, 3.63) is 0 Å². The molecule has 0 fully saturated rings. The molecule has 0 aromatic heterocycles. The normalized spacial score (nSPS) is 3.43. The molecule has 7 heavy (non-hydrogen) atoms. The molecule has 0 aromatic carbocycles. The predicted octanol–water partition coefficient (Wildman–Crippen LogP) is -3.45. The first-order valence-electron chi connectivity index (χ1n) is 0.612. The van der Waals surface area contributed by atoms with Crippen molar-refractivity contribution in [3.63, 3.8) is 0 Å². The van der Waals surface area contributed by atoms with E-state index in [0.29, 0.717) is 0 Å². The van der Waals surface area contributed by atoms with Crippen LogP contribution in [0.4, 0.5) is 4.79 Å². The minimum atomic E-state index is -2.33. The van der Waals surface area contributed by atoms with Gasteiger partial charge in [-0.2, -0.15) is 0 Å². The standard InChI is InChI=1S/CH2O3.Ni.2H2O/c2-1(3)4;;;/h(H2,2,3,4);;2*1H2/p-3. The molecule has 0 radical (unpaired) electrons. The third-order valence-electron chi connectivity index (χ3n) is 0. The summed E-state index contributed by atoms with van der Waals surface area (Å²) in [6, 6.07) is 0. The van der Waals surface area contributed by atoms with Crippen molar-refractivity contribution in [2.24, 2.45) is 0 Å². The Labute approximate surface area is 49.5 Å². The molecular weight excluding hydrogens is 151 g/mol. The summed E-state index contributed by atoms with van der Waals surface area (Å²) in [6.45, 7) is 0. The van der Waals surface area contributed by atoms with Crippen LogP contribution in [0.2, 0.25) is 0 Å². The van der Waals surface area contributed by atoms with E-state index in [1.807, 2.05) is 0 Å². The Hall–Kier alpha value is -0.316. The maximum absolute atomic E-state index is 8.33. The topological polar surface area (TPSA) is 125 Å². The Morgan fingerprint density at radius 3 is 1.29 bits per heavy atom. The van der Waals surface area contributed by atoms with Gasteiger partial charge >= 0.3 is 0 Å². The van der Waals surface area contributed by atoms with E-state index in [1.165, 1.54) is 0 Å². The first kappa shape index (κ1) is 30.0. The van der Waals surface area contributed by atoms with Gasteiger partial charge < -0.3 is 26.0 Å². The van der Waals surface area contributed by atoms with E-state index < -0.39 is 6.16 Å². The summed E-state index contributed by atoms with van der Waals surface area (Å²) in [5.74, 6) is 0. The molecule has 6 heteroatoms. The molecule has 0 saturated heterocycles. The van der Waals surface area contributed by atoms with Crippen LogP contribution in [0.1, 0.15) is 0 Å². The first-order valence-corrected chi connectivity index (χ1v) is 0.612. The van der Waals surface area contributed by atoms with Crippen LogP contribution in [-0.4, -0.2) is 17.1 Å². The molecule has 0 heterocycles. The molecular formula is CH3NiO5-3. The van der Waals surface area contributed by atoms with Crippen LogP contribution in [0.5, 0.6) is 0 Å². The van der Waals surface area contributed by atoms with Crippen molar-refractivity contribution in [3.8, 4) is 0 Å². The van der Waals surface area contributed by atoms with E-state index in [-0.39, 0.29) is 27.4 Å². The van der Waals surface area contributed by atoms with Gasteiger partial charge in [-0.3, -0.25) is 0 Å².